The zero-order valence-corrected chi connectivity index (χ0v) is 11.6. The first-order valence-electron chi connectivity index (χ1n) is 6.26. The van der Waals surface area contributed by atoms with Crippen LogP contribution in [0, 0.1) is 11.3 Å². The molecule has 0 radical (unpaired) electrons. The van der Waals surface area contributed by atoms with Gasteiger partial charge in [-0.25, -0.2) is 0 Å². The third kappa shape index (κ3) is 3.63. The second-order valence-corrected chi connectivity index (χ2v) is 4.71. The molecule has 98 valence electrons. The summed E-state index contributed by atoms with van der Waals surface area (Å²) in [6.07, 6.45) is 1.94. The van der Waals surface area contributed by atoms with E-state index < -0.39 is 6.04 Å². The minimum absolute atomic E-state index is 0.128. The van der Waals surface area contributed by atoms with Crippen molar-refractivity contribution in [2.45, 2.75) is 32.7 Å². The maximum absolute atomic E-state index is 9.89. The normalized spacial score (nSPS) is 12.4. The van der Waals surface area contributed by atoms with Gasteiger partial charge >= 0.3 is 0 Å². The summed E-state index contributed by atoms with van der Waals surface area (Å²) in [5.41, 5.74) is 0.590. The molecule has 0 saturated heterocycles. The van der Waals surface area contributed by atoms with Crippen molar-refractivity contribution in [1.29, 1.82) is 5.26 Å². The number of nitriles is 1. The van der Waals surface area contributed by atoms with Crippen LogP contribution in [-0.2, 0) is 0 Å². The van der Waals surface area contributed by atoms with Crippen LogP contribution in [0.15, 0.2) is 18.2 Å². The molecule has 0 aliphatic carbocycles. The number of halogens is 1. The van der Waals surface area contributed by atoms with Gasteiger partial charge in [0.25, 0.3) is 0 Å². The first kappa shape index (κ1) is 14.8. The SMILES string of the molecule is CCCN(CCC)C(C#N)c1cc(Cl)ccc1O. The number of rotatable bonds is 6. The van der Waals surface area contributed by atoms with Crippen molar-refractivity contribution in [2.75, 3.05) is 13.1 Å². The Bertz CT molecular complexity index is 422. The number of nitrogens with zero attached hydrogens (tertiary/aromatic N) is 2. The lowest BCUT2D eigenvalue weighted by Gasteiger charge is -2.27. The van der Waals surface area contributed by atoms with Crippen molar-refractivity contribution in [1.82, 2.24) is 4.90 Å². The van der Waals surface area contributed by atoms with Gasteiger partial charge in [0.05, 0.1) is 6.07 Å². The maximum atomic E-state index is 9.89. The molecular formula is C14H19ClN2O. The van der Waals surface area contributed by atoms with E-state index in [1.54, 1.807) is 12.1 Å². The first-order chi connectivity index (χ1) is 8.63. The zero-order chi connectivity index (χ0) is 13.5. The summed E-state index contributed by atoms with van der Waals surface area (Å²) >= 11 is 5.94. The molecule has 1 unspecified atom stereocenters. The van der Waals surface area contributed by atoms with Crippen LogP contribution in [-0.4, -0.2) is 23.1 Å². The number of phenols is 1. The molecule has 3 nitrogen and oxygen atoms in total. The predicted molar refractivity (Wildman–Crippen MR) is 73.6 cm³/mol. The Morgan fingerprint density at radius 1 is 1.33 bits per heavy atom. The Hall–Kier alpha value is -1.24. The van der Waals surface area contributed by atoms with Crippen LogP contribution in [0.4, 0.5) is 0 Å². The van der Waals surface area contributed by atoms with E-state index >= 15 is 0 Å². The summed E-state index contributed by atoms with van der Waals surface area (Å²) in [5, 5.41) is 19.8. The Balaban J connectivity index is 3.06. The van der Waals surface area contributed by atoms with Crippen molar-refractivity contribution in [3.05, 3.63) is 28.8 Å². The maximum Gasteiger partial charge on any atom is 0.127 e. The number of hydrogen-bond acceptors (Lipinski definition) is 3. The molecule has 1 rings (SSSR count). The Labute approximate surface area is 114 Å². The average molecular weight is 267 g/mol. The molecule has 0 aliphatic heterocycles. The van der Waals surface area contributed by atoms with Gasteiger partial charge < -0.3 is 5.11 Å². The minimum atomic E-state index is -0.441. The van der Waals surface area contributed by atoms with Crippen molar-refractivity contribution in [3.8, 4) is 11.8 Å². The van der Waals surface area contributed by atoms with Crippen molar-refractivity contribution in [2.24, 2.45) is 0 Å². The quantitative estimate of drug-likeness (QED) is 0.853. The molecule has 0 saturated carbocycles. The molecule has 1 N–H and O–H groups in total. The van der Waals surface area contributed by atoms with Gasteiger partial charge in [-0.1, -0.05) is 25.4 Å². The second-order valence-electron chi connectivity index (χ2n) is 4.27. The number of benzene rings is 1. The molecule has 0 heterocycles. The van der Waals surface area contributed by atoms with E-state index in [0.717, 1.165) is 25.9 Å². The van der Waals surface area contributed by atoms with Gasteiger partial charge in [-0.2, -0.15) is 5.26 Å². The van der Waals surface area contributed by atoms with Crippen LogP contribution in [0.1, 0.15) is 38.3 Å². The predicted octanol–water partition coefficient (Wildman–Crippen LogP) is 3.73. The van der Waals surface area contributed by atoms with Crippen LogP contribution in [0.5, 0.6) is 5.75 Å². The third-order valence-corrected chi connectivity index (χ3v) is 3.03. The highest BCUT2D eigenvalue weighted by Crippen LogP contribution is 2.31. The van der Waals surface area contributed by atoms with Crippen LogP contribution in [0.3, 0.4) is 0 Å². The molecule has 0 bridgehead atoms. The summed E-state index contributed by atoms with van der Waals surface area (Å²) in [7, 11) is 0. The lowest BCUT2D eigenvalue weighted by molar-refractivity contribution is 0.233. The van der Waals surface area contributed by atoms with Crippen molar-refractivity contribution < 1.29 is 5.11 Å². The highest BCUT2D eigenvalue weighted by atomic mass is 35.5. The standard InChI is InChI=1S/C14H19ClN2O/c1-3-7-17(8-4-2)13(10-16)12-9-11(15)5-6-14(12)18/h5-6,9,13,18H,3-4,7-8H2,1-2H3. The highest BCUT2D eigenvalue weighted by Gasteiger charge is 2.21. The molecule has 1 aromatic carbocycles. The summed E-state index contributed by atoms with van der Waals surface area (Å²) in [5.74, 6) is 0.128. The Morgan fingerprint density at radius 2 is 1.94 bits per heavy atom. The van der Waals surface area contributed by atoms with Gasteiger partial charge in [0.1, 0.15) is 11.8 Å². The van der Waals surface area contributed by atoms with Crippen LogP contribution >= 0.6 is 11.6 Å². The smallest absolute Gasteiger partial charge is 0.127 e. The molecule has 0 spiro atoms. The molecule has 0 fully saturated rings. The van der Waals surface area contributed by atoms with Crippen molar-refractivity contribution in [3.63, 3.8) is 0 Å². The molecule has 0 amide bonds. The average Bonchev–Trinajstić information content (AvgIpc) is 2.35. The van der Waals surface area contributed by atoms with Gasteiger partial charge in [0, 0.05) is 10.6 Å². The van der Waals surface area contributed by atoms with E-state index in [-0.39, 0.29) is 5.75 Å². The van der Waals surface area contributed by atoms with Gasteiger partial charge in [-0.3, -0.25) is 4.90 Å². The number of hydrogen-bond donors (Lipinski definition) is 1. The fraction of sp³-hybridized carbons (Fsp3) is 0.500. The zero-order valence-electron chi connectivity index (χ0n) is 10.9. The van der Waals surface area contributed by atoms with E-state index in [4.69, 9.17) is 11.6 Å². The fourth-order valence-corrected chi connectivity index (χ4v) is 2.22. The molecule has 1 atom stereocenters. The summed E-state index contributed by atoms with van der Waals surface area (Å²) in [4.78, 5) is 2.07. The van der Waals surface area contributed by atoms with Gasteiger partial charge in [-0.05, 0) is 44.1 Å². The topological polar surface area (TPSA) is 47.3 Å². The molecule has 18 heavy (non-hydrogen) atoms. The Kier molecular flexibility index (Phi) is 5.97. The lowest BCUT2D eigenvalue weighted by Crippen LogP contribution is -2.29. The number of aromatic hydroxyl groups is 1. The van der Waals surface area contributed by atoms with Gasteiger partial charge in [0.2, 0.25) is 0 Å². The van der Waals surface area contributed by atoms with Crippen LogP contribution < -0.4 is 0 Å². The highest BCUT2D eigenvalue weighted by molar-refractivity contribution is 6.30. The molecule has 1 aromatic rings. The number of phenolic OH excluding ortho intramolecular Hbond substituents is 1. The fourth-order valence-electron chi connectivity index (χ4n) is 2.04. The van der Waals surface area contributed by atoms with E-state index in [1.165, 1.54) is 6.07 Å². The largest absolute Gasteiger partial charge is 0.508 e. The molecule has 0 aromatic heterocycles. The third-order valence-electron chi connectivity index (χ3n) is 2.79. The monoisotopic (exact) mass is 266 g/mol. The Morgan fingerprint density at radius 3 is 2.44 bits per heavy atom. The van der Waals surface area contributed by atoms with Gasteiger partial charge in [0.15, 0.2) is 0 Å². The summed E-state index contributed by atoms with van der Waals surface area (Å²) in [6, 6.07) is 6.66. The van der Waals surface area contributed by atoms with E-state index in [9.17, 15) is 10.4 Å². The van der Waals surface area contributed by atoms with E-state index in [2.05, 4.69) is 24.8 Å². The molecular weight excluding hydrogens is 248 g/mol. The van der Waals surface area contributed by atoms with Crippen LogP contribution in [0.25, 0.3) is 0 Å². The molecule has 4 heteroatoms. The second kappa shape index (κ2) is 7.25. The van der Waals surface area contributed by atoms with E-state index in [1.807, 2.05) is 0 Å². The first-order valence-corrected chi connectivity index (χ1v) is 6.63. The van der Waals surface area contributed by atoms with Crippen LogP contribution in [0.2, 0.25) is 5.02 Å². The van der Waals surface area contributed by atoms with Gasteiger partial charge in [-0.15, -0.1) is 0 Å². The molecule has 0 aliphatic rings. The summed E-state index contributed by atoms with van der Waals surface area (Å²) in [6.45, 7) is 5.82. The van der Waals surface area contributed by atoms with E-state index in [0.29, 0.717) is 10.6 Å². The summed E-state index contributed by atoms with van der Waals surface area (Å²) < 4.78 is 0. The van der Waals surface area contributed by atoms with Crippen molar-refractivity contribution >= 4 is 11.6 Å². The minimum Gasteiger partial charge on any atom is -0.508 e. The lowest BCUT2D eigenvalue weighted by atomic mass is 10.0.